The van der Waals surface area contributed by atoms with E-state index in [1.165, 1.54) is 141 Å². The van der Waals surface area contributed by atoms with Crippen LogP contribution in [0, 0.1) is 0 Å². The summed E-state index contributed by atoms with van der Waals surface area (Å²) in [5, 5.41) is 9.63. The second-order valence-electron chi connectivity index (χ2n) is 17.7. The van der Waals surface area contributed by atoms with E-state index in [1.807, 2.05) is 21.1 Å². The van der Waals surface area contributed by atoms with Crippen molar-refractivity contribution in [2.24, 2.45) is 0 Å². The van der Waals surface area contributed by atoms with Crippen molar-refractivity contribution in [2.75, 3.05) is 41.0 Å². The van der Waals surface area contributed by atoms with E-state index in [0.717, 1.165) is 51.4 Å². The van der Waals surface area contributed by atoms with Crippen molar-refractivity contribution in [1.82, 2.24) is 0 Å². The SMILES string of the molecule is CCCCC/C=C/CCCCCCCC(=O)OCC(COCCC(C(=O)O)[N+](C)(C)C)OC(=O)CCCCCCCCC/C=C/CCCCCCCCCCCCC. The zero-order valence-corrected chi connectivity index (χ0v) is 38.8. The van der Waals surface area contributed by atoms with Gasteiger partial charge in [0.1, 0.15) is 6.61 Å². The summed E-state index contributed by atoms with van der Waals surface area (Å²) in [5.74, 6) is -1.47. The molecule has 1 N–H and O–H groups in total. The first kappa shape index (κ1) is 55.8. The van der Waals surface area contributed by atoms with E-state index in [9.17, 15) is 19.5 Å². The Morgan fingerprint density at radius 2 is 0.862 bits per heavy atom. The number of aliphatic carboxylic acids is 1. The Hall–Kier alpha value is -2.19. The molecule has 0 aromatic carbocycles. The number of hydrogen-bond donors (Lipinski definition) is 1. The van der Waals surface area contributed by atoms with Crippen LogP contribution in [-0.4, -0.2) is 80.6 Å². The van der Waals surface area contributed by atoms with Gasteiger partial charge in [-0.05, 0) is 64.2 Å². The third-order valence-corrected chi connectivity index (χ3v) is 11.1. The van der Waals surface area contributed by atoms with Crippen molar-refractivity contribution in [3.63, 3.8) is 0 Å². The fraction of sp³-hybridized carbons (Fsp3) is 0.860. The minimum absolute atomic E-state index is 0.0542. The number of esters is 2. The van der Waals surface area contributed by atoms with Crippen molar-refractivity contribution in [3.05, 3.63) is 24.3 Å². The number of likely N-dealkylation sites (N-methyl/N-ethyl adjacent to an activating group) is 1. The number of carbonyl (C=O) groups is 3. The van der Waals surface area contributed by atoms with Gasteiger partial charge in [-0.1, -0.05) is 167 Å². The average molecular weight is 821 g/mol. The number of carbonyl (C=O) groups excluding carboxylic acids is 2. The maximum Gasteiger partial charge on any atom is 0.362 e. The molecule has 340 valence electrons. The molecule has 0 aliphatic carbocycles. The van der Waals surface area contributed by atoms with Gasteiger partial charge in [0, 0.05) is 19.3 Å². The molecule has 0 aliphatic heterocycles. The summed E-state index contributed by atoms with van der Waals surface area (Å²) in [5.41, 5.74) is 0. The number of allylic oxidation sites excluding steroid dienone is 4. The summed E-state index contributed by atoms with van der Waals surface area (Å²) < 4.78 is 17.3. The largest absolute Gasteiger partial charge is 0.477 e. The number of rotatable bonds is 44. The molecule has 58 heavy (non-hydrogen) atoms. The molecule has 0 rings (SSSR count). The van der Waals surface area contributed by atoms with Gasteiger partial charge in [0.25, 0.3) is 0 Å². The first-order chi connectivity index (χ1) is 28.1. The van der Waals surface area contributed by atoms with Crippen LogP contribution in [0.5, 0.6) is 0 Å². The molecule has 0 heterocycles. The Morgan fingerprint density at radius 1 is 0.500 bits per heavy atom. The second kappa shape index (κ2) is 41.5. The Labute approximate surface area is 358 Å². The Kier molecular flexibility index (Phi) is 40.0. The van der Waals surface area contributed by atoms with E-state index in [-0.39, 0.29) is 36.2 Å². The topological polar surface area (TPSA) is 99.1 Å². The number of hydrogen-bond acceptors (Lipinski definition) is 6. The highest BCUT2D eigenvalue weighted by Gasteiger charge is 2.31. The fourth-order valence-corrected chi connectivity index (χ4v) is 7.26. The van der Waals surface area contributed by atoms with Gasteiger partial charge >= 0.3 is 17.9 Å². The summed E-state index contributed by atoms with van der Waals surface area (Å²) in [6.07, 6.45) is 46.6. The molecule has 8 heteroatoms. The zero-order valence-electron chi connectivity index (χ0n) is 38.8. The van der Waals surface area contributed by atoms with Gasteiger partial charge in [0.05, 0.1) is 34.4 Å². The quantitative estimate of drug-likeness (QED) is 0.0283. The molecule has 0 saturated heterocycles. The molecule has 0 saturated carbocycles. The number of unbranched alkanes of at least 4 members (excludes halogenated alkanes) is 26. The molecule has 0 aliphatic rings. The summed E-state index contributed by atoms with van der Waals surface area (Å²) >= 11 is 0. The van der Waals surface area contributed by atoms with Gasteiger partial charge in [-0.2, -0.15) is 0 Å². The molecule has 0 aromatic rings. The highest BCUT2D eigenvalue weighted by atomic mass is 16.6. The van der Waals surface area contributed by atoms with Crippen molar-refractivity contribution >= 4 is 17.9 Å². The number of quaternary nitrogens is 1. The molecule has 0 radical (unpaired) electrons. The predicted molar refractivity (Wildman–Crippen MR) is 243 cm³/mol. The van der Waals surface area contributed by atoms with Crippen LogP contribution in [0.4, 0.5) is 0 Å². The van der Waals surface area contributed by atoms with Crippen LogP contribution >= 0.6 is 0 Å². The molecular formula is C50H94NO7+. The molecule has 8 nitrogen and oxygen atoms in total. The third kappa shape index (κ3) is 39.3. The van der Waals surface area contributed by atoms with E-state index in [1.54, 1.807) is 0 Å². The van der Waals surface area contributed by atoms with E-state index in [2.05, 4.69) is 38.2 Å². The maximum absolute atomic E-state index is 12.8. The summed E-state index contributed by atoms with van der Waals surface area (Å²) in [6, 6.07) is -0.614. The van der Waals surface area contributed by atoms with E-state index >= 15 is 0 Å². The number of carboxylic acid groups (broad SMARTS) is 1. The van der Waals surface area contributed by atoms with Gasteiger partial charge in [-0.3, -0.25) is 9.59 Å². The minimum Gasteiger partial charge on any atom is -0.477 e. The lowest BCUT2D eigenvalue weighted by atomic mass is 10.0. The molecule has 0 bridgehead atoms. The van der Waals surface area contributed by atoms with Crippen molar-refractivity contribution in [3.8, 4) is 0 Å². The van der Waals surface area contributed by atoms with Gasteiger partial charge in [-0.25, -0.2) is 4.79 Å². The van der Waals surface area contributed by atoms with E-state index < -0.39 is 18.1 Å². The van der Waals surface area contributed by atoms with Crippen LogP contribution < -0.4 is 0 Å². The molecule has 0 aromatic heterocycles. The van der Waals surface area contributed by atoms with Crippen LogP contribution in [0.25, 0.3) is 0 Å². The maximum atomic E-state index is 12.8. The molecule has 0 amide bonds. The highest BCUT2D eigenvalue weighted by molar-refractivity contribution is 5.72. The summed E-state index contributed by atoms with van der Waals surface area (Å²) in [7, 11) is 5.53. The monoisotopic (exact) mass is 821 g/mol. The lowest BCUT2D eigenvalue weighted by Gasteiger charge is -2.31. The molecular weight excluding hydrogens is 727 g/mol. The Bertz CT molecular complexity index is 1000. The zero-order chi connectivity index (χ0) is 42.8. The van der Waals surface area contributed by atoms with E-state index in [0.29, 0.717) is 19.3 Å². The van der Waals surface area contributed by atoms with Crippen LogP contribution in [0.3, 0.4) is 0 Å². The van der Waals surface area contributed by atoms with Gasteiger partial charge < -0.3 is 23.8 Å². The number of carboxylic acids is 1. The number of ether oxygens (including phenoxy) is 3. The predicted octanol–water partition coefficient (Wildman–Crippen LogP) is 13.6. The smallest absolute Gasteiger partial charge is 0.362 e. The first-order valence-electron chi connectivity index (χ1n) is 24.4. The van der Waals surface area contributed by atoms with Crippen LogP contribution in [0.2, 0.25) is 0 Å². The van der Waals surface area contributed by atoms with Crippen molar-refractivity contribution < 1.29 is 38.2 Å². The number of nitrogens with zero attached hydrogens (tertiary/aromatic N) is 1. The highest BCUT2D eigenvalue weighted by Crippen LogP contribution is 2.15. The first-order valence-corrected chi connectivity index (χ1v) is 24.4. The molecule has 2 atom stereocenters. The normalized spacial score (nSPS) is 13.1. The van der Waals surface area contributed by atoms with Gasteiger partial charge in [-0.15, -0.1) is 0 Å². The average Bonchev–Trinajstić information content (AvgIpc) is 3.18. The standard InChI is InChI=1S/C50H93NO7/c1-6-8-10-12-14-16-18-20-21-22-23-24-25-26-27-28-29-31-33-35-37-39-41-49(53)58-46(44-56-43-42-47(50(54)55)51(3,4)5)45-57-48(52)40-38-36-34-32-30-19-17-15-13-11-9-7-2/h15,17,25-26,46-47H,6-14,16,18-24,27-45H2,1-5H3/p+1/b17-15+,26-25+. The lowest BCUT2D eigenvalue weighted by molar-refractivity contribution is -0.887. The van der Waals surface area contributed by atoms with E-state index in [4.69, 9.17) is 14.2 Å². The minimum atomic E-state index is -0.875. The van der Waals surface area contributed by atoms with Crippen LogP contribution in [-0.2, 0) is 28.6 Å². The molecule has 0 fully saturated rings. The van der Waals surface area contributed by atoms with Crippen LogP contribution in [0.15, 0.2) is 24.3 Å². The van der Waals surface area contributed by atoms with Crippen molar-refractivity contribution in [2.45, 2.75) is 238 Å². The second-order valence-corrected chi connectivity index (χ2v) is 17.7. The molecule has 2 unspecified atom stereocenters. The Balaban J connectivity index is 4.22. The summed E-state index contributed by atoms with van der Waals surface area (Å²) in [6.45, 7) is 4.72. The lowest BCUT2D eigenvalue weighted by Crippen LogP contribution is -2.50. The fourth-order valence-electron chi connectivity index (χ4n) is 7.26. The third-order valence-electron chi connectivity index (χ3n) is 11.1. The van der Waals surface area contributed by atoms with Crippen LogP contribution in [0.1, 0.15) is 226 Å². The van der Waals surface area contributed by atoms with Crippen molar-refractivity contribution in [1.29, 1.82) is 0 Å². The summed E-state index contributed by atoms with van der Waals surface area (Å²) in [4.78, 5) is 37.0. The van der Waals surface area contributed by atoms with Gasteiger partial charge in [0.2, 0.25) is 0 Å². The molecule has 0 spiro atoms. The van der Waals surface area contributed by atoms with Gasteiger partial charge in [0.15, 0.2) is 12.1 Å². The Morgan fingerprint density at radius 3 is 1.28 bits per heavy atom.